The number of rotatable bonds is 14. The number of carbonyl (C=O) groups is 7. The van der Waals surface area contributed by atoms with Gasteiger partial charge in [-0.25, -0.2) is 0 Å². The standard InChI is InChI=1S/C43H61N7O7/c1-26(51)28-12-15-33-29(22-28)23-36(45-33)40(54)47-35-16-13-30(48(2)3)24-31-14-18-37(50(31)43(35)57)41(55)46-34(17-19-39(44)53)38(52)25-32(27-10-6-4-7-11-27)42(56)49-20-8-5-9-21-49/h12,15,22-23,27,30-32,34-35,37,45H,4-11,13-14,16-21,24-25H2,1-3H3,(H2,44,53)(H,46,55)(H,47,54)/t30-,31-,32+,34+,35+,37+/m1/s1. The van der Waals surface area contributed by atoms with Gasteiger partial charge in [0.15, 0.2) is 11.6 Å². The van der Waals surface area contributed by atoms with E-state index in [4.69, 9.17) is 5.73 Å². The number of Topliss-reactive ketones (excluding diaryl/α,β-unsaturated/α-hetero) is 2. The zero-order chi connectivity index (χ0) is 40.8. The first kappa shape index (κ1) is 42.0. The van der Waals surface area contributed by atoms with Crippen LogP contribution in [0.3, 0.4) is 0 Å². The average molecular weight is 788 g/mol. The second-order valence-electron chi connectivity index (χ2n) is 17.1. The second kappa shape index (κ2) is 18.8. The fourth-order valence-electron chi connectivity index (χ4n) is 9.68. The molecule has 3 saturated heterocycles. The van der Waals surface area contributed by atoms with Crippen LogP contribution in [0.25, 0.3) is 10.9 Å². The van der Waals surface area contributed by atoms with Crippen molar-refractivity contribution in [3.63, 3.8) is 0 Å². The van der Waals surface area contributed by atoms with Crippen LogP contribution in [-0.4, -0.2) is 118 Å². The lowest BCUT2D eigenvalue weighted by Crippen LogP contribution is -2.59. The first-order chi connectivity index (χ1) is 27.3. The zero-order valence-corrected chi connectivity index (χ0v) is 33.9. The number of nitrogens with zero attached hydrogens (tertiary/aromatic N) is 3. The summed E-state index contributed by atoms with van der Waals surface area (Å²) in [6.45, 7) is 2.85. The van der Waals surface area contributed by atoms with Crippen molar-refractivity contribution in [2.24, 2.45) is 17.6 Å². The van der Waals surface area contributed by atoms with Gasteiger partial charge in [-0.3, -0.25) is 33.6 Å². The molecule has 5 amide bonds. The van der Waals surface area contributed by atoms with E-state index in [0.717, 1.165) is 51.4 Å². The molecule has 310 valence electrons. The number of hydrogen-bond acceptors (Lipinski definition) is 8. The molecule has 0 radical (unpaired) electrons. The maximum absolute atomic E-state index is 14.5. The maximum atomic E-state index is 14.5. The number of fused-ring (bicyclic) bond motifs is 2. The molecule has 1 saturated carbocycles. The molecular formula is C43H61N7O7. The number of H-pyrrole nitrogens is 1. The van der Waals surface area contributed by atoms with Gasteiger partial charge in [0.25, 0.3) is 5.91 Å². The van der Waals surface area contributed by atoms with Crippen molar-refractivity contribution in [1.29, 1.82) is 0 Å². The summed E-state index contributed by atoms with van der Waals surface area (Å²) in [5.74, 6) is -2.71. The van der Waals surface area contributed by atoms with Gasteiger partial charge in [0.05, 0.1) is 6.04 Å². The van der Waals surface area contributed by atoms with E-state index in [2.05, 4.69) is 20.5 Å². The third kappa shape index (κ3) is 10.1. The van der Waals surface area contributed by atoms with E-state index in [0.29, 0.717) is 61.7 Å². The molecule has 57 heavy (non-hydrogen) atoms. The van der Waals surface area contributed by atoms with E-state index < -0.39 is 41.8 Å². The second-order valence-corrected chi connectivity index (χ2v) is 17.1. The minimum Gasteiger partial charge on any atom is -0.370 e. The Morgan fingerprint density at radius 3 is 2.32 bits per heavy atom. The molecule has 1 aromatic carbocycles. The number of hydrogen-bond donors (Lipinski definition) is 4. The van der Waals surface area contributed by atoms with Crippen LogP contribution in [0.5, 0.6) is 0 Å². The molecule has 1 aromatic heterocycles. The van der Waals surface area contributed by atoms with Crippen molar-refractivity contribution in [2.45, 2.75) is 140 Å². The minimum absolute atomic E-state index is 0.000904. The van der Waals surface area contributed by atoms with Gasteiger partial charge in [-0.15, -0.1) is 0 Å². The normalized spacial score (nSPS) is 24.3. The van der Waals surface area contributed by atoms with Crippen LogP contribution in [0, 0.1) is 11.8 Å². The summed E-state index contributed by atoms with van der Waals surface area (Å²) in [7, 11) is 3.97. The first-order valence-corrected chi connectivity index (χ1v) is 21.1. The van der Waals surface area contributed by atoms with Crippen LogP contribution >= 0.6 is 0 Å². The Hall–Kier alpha value is -4.59. The Labute approximate surface area is 335 Å². The van der Waals surface area contributed by atoms with Crippen molar-refractivity contribution < 1.29 is 33.6 Å². The predicted octanol–water partition coefficient (Wildman–Crippen LogP) is 3.86. The van der Waals surface area contributed by atoms with Gasteiger partial charge in [-0.2, -0.15) is 0 Å². The lowest BCUT2D eigenvalue weighted by molar-refractivity contribution is -0.144. The molecule has 3 aliphatic heterocycles. The van der Waals surface area contributed by atoms with Gasteiger partial charge >= 0.3 is 0 Å². The number of likely N-dealkylation sites (tertiary alicyclic amines) is 1. The number of nitrogens with two attached hydrogens (primary N) is 1. The molecule has 4 fully saturated rings. The summed E-state index contributed by atoms with van der Waals surface area (Å²) in [5.41, 5.74) is 6.99. The topological polar surface area (TPSA) is 195 Å². The van der Waals surface area contributed by atoms with Crippen molar-refractivity contribution in [1.82, 2.24) is 30.3 Å². The van der Waals surface area contributed by atoms with Gasteiger partial charge in [0.2, 0.25) is 23.6 Å². The van der Waals surface area contributed by atoms with Gasteiger partial charge < -0.3 is 36.1 Å². The van der Waals surface area contributed by atoms with E-state index in [9.17, 15) is 33.6 Å². The fraction of sp³-hybridized carbons (Fsp3) is 0.651. The summed E-state index contributed by atoms with van der Waals surface area (Å²) in [6, 6.07) is 3.77. The van der Waals surface area contributed by atoms with Crippen LogP contribution in [-0.2, 0) is 24.0 Å². The summed E-state index contributed by atoms with van der Waals surface area (Å²) < 4.78 is 0. The summed E-state index contributed by atoms with van der Waals surface area (Å²) in [5, 5.41) is 6.57. The molecule has 0 bridgehead atoms. The van der Waals surface area contributed by atoms with Gasteiger partial charge in [0.1, 0.15) is 17.8 Å². The molecule has 2 aromatic rings. The molecule has 4 heterocycles. The van der Waals surface area contributed by atoms with Crippen LogP contribution < -0.4 is 16.4 Å². The quantitative estimate of drug-likeness (QED) is 0.207. The number of nitrogens with one attached hydrogen (secondary N) is 3. The van der Waals surface area contributed by atoms with E-state index in [1.165, 1.54) is 6.92 Å². The zero-order valence-electron chi connectivity index (χ0n) is 33.9. The average Bonchev–Trinajstić information content (AvgIpc) is 3.83. The van der Waals surface area contributed by atoms with E-state index >= 15 is 0 Å². The molecule has 1 aliphatic carbocycles. The number of benzene rings is 1. The molecule has 4 aliphatic rings. The largest absolute Gasteiger partial charge is 0.370 e. The highest BCUT2D eigenvalue weighted by molar-refractivity contribution is 6.03. The molecular weight excluding hydrogens is 727 g/mol. The first-order valence-electron chi connectivity index (χ1n) is 21.1. The fourth-order valence-corrected chi connectivity index (χ4v) is 9.68. The van der Waals surface area contributed by atoms with Crippen molar-refractivity contribution in [3.8, 4) is 0 Å². The summed E-state index contributed by atoms with van der Waals surface area (Å²) >= 11 is 0. The number of aromatic nitrogens is 1. The Kier molecular flexibility index (Phi) is 13.8. The third-order valence-corrected chi connectivity index (χ3v) is 13.0. The lowest BCUT2D eigenvalue weighted by atomic mass is 9.76. The van der Waals surface area contributed by atoms with Gasteiger partial charge in [-0.1, -0.05) is 19.3 Å². The highest BCUT2D eigenvalue weighted by Gasteiger charge is 2.46. The van der Waals surface area contributed by atoms with Crippen LogP contribution in [0.4, 0.5) is 0 Å². The van der Waals surface area contributed by atoms with Crippen LogP contribution in [0.2, 0.25) is 0 Å². The lowest BCUT2D eigenvalue weighted by Gasteiger charge is -2.39. The maximum Gasteiger partial charge on any atom is 0.268 e. The Bertz CT molecular complexity index is 1830. The minimum atomic E-state index is -1.05. The molecule has 6 rings (SSSR count). The van der Waals surface area contributed by atoms with Gasteiger partial charge in [-0.05, 0) is 122 Å². The number of primary amides is 1. The van der Waals surface area contributed by atoms with Gasteiger partial charge in [0, 0.05) is 60.4 Å². The SMILES string of the molecule is CC(=O)c1ccc2[nH]c(C(=O)N[C@H]3CC[C@@H](N(C)C)C[C@H]4CC[C@@H](C(=O)N[C@@H](CCC(N)=O)C(=O)C[C@H](C(=O)N5CCCCC5)C5CCCCC5)N4C3=O)cc2c1. The van der Waals surface area contributed by atoms with Crippen molar-refractivity contribution >= 4 is 52.0 Å². The van der Waals surface area contributed by atoms with E-state index in [1.807, 2.05) is 19.0 Å². The number of amides is 5. The smallest absolute Gasteiger partial charge is 0.268 e. The third-order valence-electron chi connectivity index (χ3n) is 13.0. The van der Waals surface area contributed by atoms with Crippen molar-refractivity contribution in [2.75, 3.05) is 27.2 Å². The summed E-state index contributed by atoms with van der Waals surface area (Å²) in [4.78, 5) is 103. The number of carbonyl (C=O) groups excluding carboxylic acids is 7. The van der Waals surface area contributed by atoms with Crippen LogP contribution in [0.1, 0.15) is 131 Å². The molecule has 5 N–H and O–H groups in total. The number of piperidine rings is 1. The molecule has 0 spiro atoms. The van der Waals surface area contributed by atoms with E-state index in [-0.39, 0.29) is 66.3 Å². The molecule has 14 nitrogen and oxygen atoms in total. The number of aromatic amines is 1. The van der Waals surface area contributed by atoms with E-state index in [1.54, 1.807) is 29.2 Å². The Morgan fingerprint density at radius 1 is 0.912 bits per heavy atom. The predicted molar refractivity (Wildman–Crippen MR) is 215 cm³/mol. The molecule has 14 heteroatoms. The number of ketones is 2. The van der Waals surface area contributed by atoms with Crippen LogP contribution in [0.15, 0.2) is 24.3 Å². The highest BCUT2D eigenvalue weighted by Crippen LogP contribution is 2.35. The Morgan fingerprint density at radius 2 is 1.63 bits per heavy atom. The molecule has 6 atom stereocenters. The molecule has 0 unspecified atom stereocenters. The highest BCUT2D eigenvalue weighted by atomic mass is 16.2. The summed E-state index contributed by atoms with van der Waals surface area (Å²) in [6.07, 6.45) is 10.3. The Balaban J connectivity index is 1.21. The monoisotopic (exact) mass is 787 g/mol. The van der Waals surface area contributed by atoms with Crippen molar-refractivity contribution in [3.05, 3.63) is 35.5 Å².